The minimum absolute atomic E-state index is 0.156. The van der Waals surface area contributed by atoms with Gasteiger partial charge in [-0.25, -0.2) is 0 Å². The molecular weight excluding hydrogens is 231 g/mol. The van der Waals surface area contributed by atoms with Crippen LogP contribution in [-0.2, 0) is 0 Å². The van der Waals surface area contributed by atoms with Crippen LogP contribution in [0.5, 0.6) is 11.6 Å². The predicted octanol–water partition coefficient (Wildman–Crippen LogP) is 1.09. The van der Waals surface area contributed by atoms with Crippen molar-refractivity contribution in [1.29, 1.82) is 0 Å². The lowest BCUT2D eigenvalue weighted by atomic mass is 10.3. The van der Waals surface area contributed by atoms with Crippen LogP contribution >= 0.6 is 0 Å². The maximum Gasteiger partial charge on any atom is 0.574 e. The summed E-state index contributed by atoms with van der Waals surface area (Å²) in [6.45, 7) is 0. The molecule has 0 fully saturated rings. The molecule has 16 heavy (non-hydrogen) atoms. The maximum atomic E-state index is 11.8. The zero-order valence-electron chi connectivity index (χ0n) is 7.92. The van der Waals surface area contributed by atoms with Crippen LogP contribution in [0.3, 0.4) is 0 Å². The van der Waals surface area contributed by atoms with Gasteiger partial charge in [0.05, 0.1) is 13.2 Å². The molecule has 0 unspecified atom stereocenters. The molecule has 0 saturated carbocycles. The van der Waals surface area contributed by atoms with Crippen LogP contribution < -0.4 is 14.9 Å². The van der Waals surface area contributed by atoms with E-state index >= 15 is 0 Å². The lowest BCUT2D eigenvalue weighted by Crippen LogP contribution is -2.20. The van der Waals surface area contributed by atoms with Crippen molar-refractivity contribution in [2.45, 2.75) is 6.36 Å². The molecule has 0 aliphatic carbocycles. The molecule has 0 spiro atoms. The molecular formula is C8H6F3NO4. The lowest BCUT2D eigenvalue weighted by molar-refractivity contribution is -0.276. The standard InChI is InChI=1S/C8H6F3NO4/c1-15-7-4(3-13)12-6(2-5(7)14)16-8(9,10)11/h2-3H,1H3,(H,12,14). The van der Waals surface area contributed by atoms with Crippen molar-refractivity contribution in [3.63, 3.8) is 0 Å². The Hall–Kier alpha value is -1.99. The number of alkyl halides is 3. The monoisotopic (exact) mass is 237 g/mol. The van der Waals surface area contributed by atoms with Gasteiger partial charge in [0, 0.05) is 0 Å². The molecule has 5 nitrogen and oxygen atoms in total. The number of pyridine rings is 1. The van der Waals surface area contributed by atoms with Crippen molar-refractivity contribution < 1.29 is 27.4 Å². The van der Waals surface area contributed by atoms with Gasteiger partial charge in [-0.15, -0.1) is 13.2 Å². The number of H-pyrrole nitrogens is 1. The molecule has 0 aromatic carbocycles. The van der Waals surface area contributed by atoms with E-state index in [0.29, 0.717) is 6.07 Å². The zero-order chi connectivity index (χ0) is 12.3. The first kappa shape index (κ1) is 12.1. The maximum absolute atomic E-state index is 11.8. The lowest BCUT2D eigenvalue weighted by Gasteiger charge is -2.10. The van der Waals surface area contributed by atoms with Crippen molar-refractivity contribution in [2.75, 3.05) is 7.11 Å². The van der Waals surface area contributed by atoms with E-state index < -0.39 is 23.4 Å². The number of aromatic amines is 1. The van der Waals surface area contributed by atoms with Crippen molar-refractivity contribution in [3.8, 4) is 11.6 Å². The number of hydrogen-bond acceptors (Lipinski definition) is 4. The Morgan fingerprint density at radius 2 is 2.06 bits per heavy atom. The molecule has 0 radical (unpaired) electrons. The molecule has 1 aromatic heterocycles. The molecule has 1 heterocycles. The van der Waals surface area contributed by atoms with Crippen LogP contribution in [0.15, 0.2) is 10.9 Å². The molecule has 0 saturated heterocycles. The minimum atomic E-state index is -4.95. The number of methoxy groups -OCH3 is 1. The van der Waals surface area contributed by atoms with Gasteiger partial charge in [-0.2, -0.15) is 0 Å². The summed E-state index contributed by atoms with van der Waals surface area (Å²) in [5.74, 6) is -1.25. The Bertz CT molecular complexity index is 452. The summed E-state index contributed by atoms with van der Waals surface area (Å²) in [6.07, 6.45) is -4.79. The summed E-state index contributed by atoms with van der Waals surface area (Å²) >= 11 is 0. The average molecular weight is 237 g/mol. The van der Waals surface area contributed by atoms with E-state index in [1.807, 2.05) is 4.98 Å². The van der Waals surface area contributed by atoms with Crippen LogP contribution in [0.1, 0.15) is 10.5 Å². The Morgan fingerprint density at radius 1 is 1.44 bits per heavy atom. The third-order valence-corrected chi connectivity index (χ3v) is 1.54. The second kappa shape index (κ2) is 4.25. The van der Waals surface area contributed by atoms with Crippen molar-refractivity contribution in [2.24, 2.45) is 0 Å². The normalized spacial score (nSPS) is 11.0. The van der Waals surface area contributed by atoms with Gasteiger partial charge in [0.2, 0.25) is 11.3 Å². The topological polar surface area (TPSA) is 68.4 Å². The SMILES string of the molecule is COc1c(C=O)[nH]c(OC(F)(F)F)cc1=O. The zero-order valence-corrected chi connectivity index (χ0v) is 7.92. The quantitative estimate of drug-likeness (QED) is 0.799. The highest BCUT2D eigenvalue weighted by molar-refractivity contribution is 5.76. The second-order valence-corrected chi connectivity index (χ2v) is 2.61. The first-order chi connectivity index (χ1) is 7.37. The van der Waals surface area contributed by atoms with Crippen LogP contribution in [0.25, 0.3) is 0 Å². The smallest absolute Gasteiger partial charge is 0.491 e. The van der Waals surface area contributed by atoms with Crippen LogP contribution in [0.2, 0.25) is 0 Å². The number of aldehydes is 1. The van der Waals surface area contributed by atoms with E-state index in [1.54, 1.807) is 0 Å². The number of aromatic nitrogens is 1. The number of hydrogen-bond donors (Lipinski definition) is 1. The molecule has 0 aliphatic heterocycles. The summed E-state index contributed by atoms with van der Waals surface area (Å²) in [4.78, 5) is 23.6. The number of carbonyl (C=O) groups is 1. The van der Waals surface area contributed by atoms with Crippen LogP contribution in [-0.4, -0.2) is 24.7 Å². The number of carbonyl (C=O) groups excluding carboxylic acids is 1. The first-order valence-corrected chi connectivity index (χ1v) is 3.89. The molecule has 0 amide bonds. The Labute approximate surface area is 86.8 Å². The fourth-order valence-electron chi connectivity index (χ4n) is 1.02. The molecule has 1 N–H and O–H groups in total. The third kappa shape index (κ3) is 2.75. The van der Waals surface area contributed by atoms with E-state index in [2.05, 4.69) is 9.47 Å². The predicted molar refractivity (Wildman–Crippen MR) is 45.7 cm³/mol. The van der Waals surface area contributed by atoms with E-state index in [0.717, 1.165) is 7.11 Å². The summed E-state index contributed by atoms with van der Waals surface area (Å²) < 4.78 is 43.5. The molecule has 0 atom stereocenters. The number of rotatable bonds is 3. The van der Waals surface area contributed by atoms with Gasteiger partial charge in [-0.1, -0.05) is 0 Å². The van der Waals surface area contributed by atoms with E-state index in [4.69, 9.17) is 0 Å². The number of ether oxygens (including phenoxy) is 2. The Morgan fingerprint density at radius 3 is 2.50 bits per heavy atom. The fourth-order valence-corrected chi connectivity index (χ4v) is 1.02. The number of nitrogens with one attached hydrogen (secondary N) is 1. The third-order valence-electron chi connectivity index (χ3n) is 1.54. The molecule has 88 valence electrons. The second-order valence-electron chi connectivity index (χ2n) is 2.61. The van der Waals surface area contributed by atoms with E-state index in [-0.39, 0.29) is 12.0 Å². The number of halogens is 3. The van der Waals surface area contributed by atoms with Gasteiger partial charge in [0.25, 0.3) is 0 Å². The van der Waals surface area contributed by atoms with Crippen molar-refractivity contribution in [1.82, 2.24) is 4.98 Å². The molecule has 1 aromatic rings. The molecule has 8 heteroatoms. The van der Waals surface area contributed by atoms with Crippen LogP contribution in [0.4, 0.5) is 13.2 Å². The highest BCUT2D eigenvalue weighted by Crippen LogP contribution is 2.21. The van der Waals surface area contributed by atoms with Gasteiger partial charge < -0.3 is 14.5 Å². The largest absolute Gasteiger partial charge is 0.574 e. The Kier molecular flexibility index (Phi) is 3.21. The van der Waals surface area contributed by atoms with E-state index in [1.165, 1.54) is 0 Å². The molecule has 0 bridgehead atoms. The van der Waals surface area contributed by atoms with Gasteiger partial charge in [0.1, 0.15) is 5.69 Å². The summed E-state index contributed by atoms with van der Waals surface area (Å²) in [5.41, 5.74) is -1.31. The highest BCUT2D eigenvalue weighted by atomic mass is 19.4. The fraction of sp³-hybridized carbons (Fsp3) is 0.250. The highest BCUT2D eigenvalue weighted by Gasteiger charge is 2.32. The summed E-state index contributed by atoms with van der Waals surface area (Å²) in [6, 6.07) is 0.541. The van der Waals surface area contributed by atoms with Gasteiger partial charge in [-0.05, 0) is 0 Å². The van der Waals surface area contributed by atoms with Gasteiger partial charge >= 0.3 is 6.36 Å². The molecule has 0 aliphatic rings. The average Bonchev–Trinajstić information content (AvgIpc) is 2.14. The minimum Gasteiger partial charge on any atom is -0.491 e. The van der Waals surface area contributed by atoms with E-state index in [9.17, 15) is 22.8 Å². The van der Waals surface area contributed by atoms with Gasteiger partial charge in [0.15, 0.2) is 12.0 Å². The molecule has 1 rings (SSSR count). The first-order valence-electron chi connectivity index (χ1n) is 3.89. The van der Waals surface area contributed by atoms with Gasteiger partial charge in [-0.3, -0.25) is 9.59 Å². The van der Waals surface area contributed by atoms with Crippen LogP contribution in [0, 0.1) is 0 Å². The van der Waals surface area contributed by atoms with Crippen molar-refractivity contribution >= 4 is 6.29 Å². The Balaban J connectivity index is 3.21. The van der Waals surface area contributed by atoms with Crippen molar-refractivity contribution in [3.05, 3.63) is 22.0 Å². The summed E-state index contributed by atoms with van der Waals surface area (Å²) in [5, 5.41) is 0. The summed E-state index contributed by atoms with van der Waals surface area (Å²) in [7, 11) is 1.11.